The van der Waals surface area contributed by atoms with E-state index in [-0.39, 0.29) is 31.1 Å². The van der Waals surface area contributed by atoms with Crippen LogP contribution in [0.1, 0.15) is 220 Å². The normalized spacial score (nSPS) is 12.6. The van der Waals surface area contributed by atoms with Gasteiger partial charge in [-0.05, 0) is 83.5 Å². The van der Waals surface area contributed by atoms with Crippen LogP contribution < -0.4 is 0 Å². The molecule has 0 N–H and O–H groups in total. The number of carbonyl (C=O) groups is 3. The second-order valence-electron chi connectivity index (χ2n) is 15.3. The number of carbonyl (C=O) groups excluding carboxylic acids is 3. The lowest BCUT2D eigenvalue weighted by atomic mass is 10.1. The molecule has 0 aromatic rings. The van der Waals surface area contributed by atoms with Gasteiger partial charge in [-0.1, -0.05) is 178 Å². The van der Waals surface area contributed by atoms with Gasteiger partial charge in [-0.2, -0.15) is 0 Å². The molecule has 0 spiro atoms. The monoisotopic (exact) mass is 783 g/mol. The highest BCUT2D eigenvalue weighted by Gasteiger charge is 2.19. The summed E-state index contributed by atoms with van der Waals surface area (Å²) in [7, 11) is 0. The summed E-state index contributed by atoms with van der Waals surface area (Å²) < 4.78 is 16.6. The van der Waals surface area contributed by atoms with Crippen molar-refractivity contribution in [1.82, 2.24) is 0 Å². The van der Waals surface area contributed by atoms with Crippen molar-refractivity contribution in [3.8, 4) is 0 Å². The summed E-state index contributed by atoms with van der Waals surface area (Å²) in [5.74, 6) is -0.922. The maximum Gasteiger partial charge on any atom is 0.306 e. The molecule has 1 unspecified atom stereocenters. The highest BCUT2D eigenvalue weighted by atomic mass is 16.6. The van der Waals surface area contributed by atoms with Gasteiger partial charge in [0.15, 0.2) is 6.10 Å². The molecule has 322 valence electrons. The molecule has 6 nitrogen and oxygen atoms in total. The number of hydrogen-bond donors (Lipinski definition) is 0. The number of allylic oxidation sites excluding steroid dienone is 10. The van der Waals surface area contributed by atoms with E-state index in [1.54, 1.807) is 0 Å². The van der Waals surface area contributed by atoms with Gasteiger partial charge >= 0.3 is 17.9 Å². The molecule has 1 atom stereocenters. The Morgan fingerprint density at radius 1 is 0.375 bits per heavy atom. The fourth-order valence-electron chi connectivity index (χ4n) is 6.25. The SMILES string of the molecule is CC/C=C\C/C=C\C/C=C\C/C=C\CCCCCCCCC(=O)OCC(COC(=O)CCCCCCC)OC(=O)CCCCCCC/C=C\CCCCCCC. The van der Waals surface area contributed by atoms with Crippen molar-refractivity contribution in [3.63, 3.8) is 0 Å². The van der Waals surface area contributed by atoms with Crippen molar-refractivity contribution in [3.05, 3.63) is 60.8 Å². The Morgan fingerprint density at radius 3 is 1.11 bits per heavy atom. The minimum atomic E-state index is -0.779. The molecule has 6 heteroatoms. The maximum atomic E-state index is 12.7. The fourth-order valence-corrected chi connectivity index (χ4v) is 6.25. The zero-order valence-corrected chi connectivity index (χ0v) is 36.6. The Kier molecular flexibility index (Phi) is 42.5. The van der Waals surface area contributed by atoms with Crippen molar-refractivity contribution in [2.24, 2.45) is 0 Å². The van der Waals surface area contributed by atoms with E-state index in [2.05, 4.69) is 81.5 Å². The van der Waals surface area contributed by atoms with E-state index in [4.69, 9.17) is 14.2 Å². The standard InChI is InChI=1S/C50H86O6/c1-4-7-10-13-15-17-19-21-23-24-25-26-27-29-30-32-34-37-40-43-49(52)55-46-47(45-54-48(51)42-39-36-12-9-6-3)56-50(53)44-41-38-35-33-31-28-22-20-18-16-14-11-8-5-2/h7,10,15,17,20-23,25-26,47H,4-6,8-9,11-14,16,18-19,24,27-46H2,1-3H3/b10-7-,17-15-,22-20-,23-21-,26-25-. The zero-order chi connectivity index (χ0) is 40.8. The zero-order valence-electron chi connectivity index (χ0n) is 36.6. The van der Waals surface area contributed by atoms with E-state index >= 15 is 0 Å². The van der Waals surface area contributed by atoms with Crippen molar-refractivity contribution < 1.29 is 28.6 Å². The molecule has 0 aromatic carbocycles. The summed E-state index contributed by atoms with van der Waals surface area (Å²) in [6.45, 7) is 6.40. The number of rotatable bonds is 41. The maximum absolute atomic E-state index is 12.7. The van der Waals surface area contributed by atoms with E-state index in [0.29, 0.717) is 19.3 Å². The Labute approximate surface area is 345 Å². The Hall–Kier alpha value is -2.89. The van der Waals surface area contributed by atoms with Crippen molar-refractivity contribution in [1.29, 1.82) is 0 Å². The van der Waals surface area contributed by atoms with Gasteiger partial charge in [0.2, 0.25) is 0 Å². The van der Waals surface area contributed by atoms with Gasteiger partial charge < -0.3 is 14.2 Å². The minimum absolute atomic E-state index is 0.0833. The third-order valence-electron chi connectivity index (χ3n) is 9.76. The van der Waals surface area contributed by atoms with Crippen LogP contribution in [0.4, 0.5) is 0 Å². The lowest BCUT2D eigenvalue weighted by molar-refractivity contribution is -0.167. The molecule has 0 fully saturated rings. The molecule has 0 aliphatic heterocycles. The molecular formula is C50H86O6. The molecule has 0 rings (SSSR count). The molecule has 0 aromatic heterocycles. The molecule has 0 saturated carbocycles. The quantitative estimate of drug-likeness (QED) is 0.0266. The summed E-state index contributed by atoms with van der Waals surface area (Å²) in [4.78, 5) is 37.5. The molecule has 0 bridgehead atoms. The first-order valence-electron chi connectivity index (χ1n) is 23.3. The van der Waals surface area contributed by atoms with Gasteiger partial charge in [0.1, 0.15) is 13.2 Å². The largest absolute Gasteiger partial charge is 0.462 e. The lowest BCUT2D eigenvalue weighted by Gasteiger charge is -2.18. The van der Waals surface area contributed by atoms with Crippen molar-refractivity contribution >= 4 is 17.9 Å². The van der Waals surface area contributed by atoms with Crippen LogP contribution in [0.25, 0.3) is 0 Å². The summed E-state index contributed by atoms with van der Waals surface area (Å²) >= 11 is 0. The van der Waals surface area contributed by atoms with Crippen LogP contribution in [0.5, 0.6) is 0 Å². The van der Waals surface area contributed by atoms with Crippen LogP contribution in [0, 0.1) is 0 Å². The van der Waals surface area contributed by atoms with Gasteiger partial charge in [0.05, 0.1) is 0 Å². The topological polar surface area (TPSA) is 78.9 Å². The van der Waals surface area contributed by atoms with Crippen molar-refractivity contribution in [2.75, 3.05) is 13.2 Å². The first-order valence-corrected chi connectivity index (χ1v) is 23.3. The Balaban J connectivity index is 4.24. The van der Waals surface area contributed by atoms with Crippen LogP contribution in [0.3, 0.4) is 0 Å². The first kappa shape index (κ1) is 53.1. The number of esters is 3. The number of hydrogen-bond acceptors (Lipinski definition) is 6. The molecule has 0 aliphatic carbocycles. The second-order valence-corrected chi connectivity index (χ2v) is 15.3. The fraction of sp³-hybridized carbons (Fsp3) is 0.740. The predicted molar refractivity (Wildman–Crippen MR) is 238 cm³/mol. The lowest BCUT2D eigenvalue weighted by Crippen LogP contribution is -2.30. The Morgan fingerprint density at radius 2 is 0.696 bits per heavy atom. The molecule has 0 heterocycles. The highest BCUT2D eigenvalue weighted by Crippen LogP contribution is 2.13. The predicted octanol–water partition coefficient (Wildman–Crippen LogP) is 14.9. The minimum Gasteiger partial charge on any atom is -0.462 e. The average Bonchev–Trinajstić information content (AvgIpc) is 3.19. The molecule has 0 amide bonds. The molecule has 0 radical (unpaired) electrons. The van der Waals surface area contributed by atoms with Gasteiger partial charge in [-0.25, -0.2) is 0 Å². The van der Waals surface area contributed by atoms with Gasteiger partial charge in [0, 0.05) is 19.3 Å². The van der Waals surface area contributed by atoms with E-state index in [1.807, 2.05) is 0 Å². The second kappa shape index (κ2) is 44.8. The summed E-state index contributed by atoms with van der Waals surface area (Å²) in [6, 6.07) is 0. The van der Waals surface area contributed by atoms with Gasteiger partial charge in [-0.3, -0.25) is 14.4 Å². The van der Waals surface area contributed by atoms with E-state index < -0.39 is 6.10 Å². The van der Waals surface area contributed by atoms with Crippen molar-refractivity contribution in [2.45, 2.75) is 226 Å². The third-order valence-corrected chi connectivity index (χ3v) is 9.76. The summed E-state index contributed by atoms with van der Waals surface area (Å²) in [5, 5.41) is 0. The average molecular weight is 783 g/mol. The van der Waals surface area contributed by atoms with Gasteiger partial charge in [0.25, 0.3) is 0 Å². The highest BCUT2D eigenvalue weighted by molar-refractivity contribution is 5.71. The number of unbranched alkanes of at least 4 members (excludes halogenated alkanes) is 20. The first-order chi connectivity index (χ1) is 27.5. The van der Waals surface area contributed by atoms with Crippen LogP contribution in [0.15, 0.2) is 60.8 Å². The summed E-state index contributed by atoms with van der Waals surface area (Å²) in [5.41, 5.74) is 0. The van der Waals surface area contributed by atoms with Crippen LogP contribution in [0.2, 0.25) is 0 Å². The van der Waals surface area contributed by atoms with Crippen LogP contribution in [-0.4, -0.2) is 37.2 Å². The summed E-state index contributed by atoms with van der Waals surface area (Å²) in [6.07, 6.45) is 53.7. The van der Waals surface area contributed by atoms with Crippen LogP contribution in [-0.2, 0) is 28.6 Å². The molecule has 56 heavy (non-hydrogen) atoms. The smallest absolute Gasteiger partial charge is 0.306 e. The third kappa shape index (κ3) is 42.3. The van der Waals surface area contributed by atoms with Crippen LogP contribution >= 0.6 is 0 Å². The number of ether oxygens (including phenoxy) is 3. The van der Waals surface area contributed by atoms with E-state index in [1.165, 1.54) is 70.6 Å². The van der Waals surface area contributed by atoms with Gasteiger partial charge in [-0.15, -0.1) is 0 Å². The molecule has 0 saturated heterocycles. The van der Waals surface area contributed by atoms with E-state index in [9.17, 15) is 14.4 Å². The van der Waals surface area contributed by atoms with E-state index in [0.717, 1.165) is 109 Å². The molecular weight excluding hydrogens is 697 g/mol. The Bertz CT molecular complexity index is 1040. The molecule has 0 aliphatic rings.